The van der Waals surface area contributed by atoms with Crippen molar-refractivity contribution >= 4 is 16.0 Å². The summed E-state index contributed by atoms with van der Waals surface area (Å²) in [6, 6.07) is 0. The maximum Gasteiger partial charge on any atom is 0.336 e. The lowest BCUT2D eigenvalue weighted by molar-refractivity contribution is -0.157. The molecule has 0 N–H and O–H groups in total. The Labute approximate surface area is 94.9 Å². The number of methoxy groups -OCH3 is 1. The normalized spacial score (nSPS) is 22.7. The summed E-state index contributed by atoms with van der Waals surface area (Å²) < 4.78 is 34.2. The van der Waals surface area contributed by atoms with Crippen LogP contribution < -0.4 is 0 Å². The molecule has 1 rings (SSSR count). The van der Waals surface area contributed by atoms with E-state index in [-0.39, 0.29) is 25.4 Å². The average molecular weight is 249 g/mol. The van der Waals surface area contributed by atoms with Crippen LogP contribution in [0.15, 0.2) is 12.7 Å². The maximum absolute atomic E-state index is 11.7. The van der Waals surface area contributed by atoms with Crippen molar-refractivity contribution < 1.29 is 22.7 Å². The van der Waals surface area contributed by atoms with Crippen molar-refractivity contribution in [3.05, 3.63) is 12.7 Å². The molecule has 0 aromatic rings. The number of carbonyl (C=O) groups is 1. The highest BCUT2D eigenvalue weighted by Crippen LogP contribution is 2.11. The number of ether oxygens (including phenoxy) is 2. The van der Waals surface area contributed by atoms with Gasteiger partial charge in [-0.3, -0.25) is 0 Å². The van der Waals surface area contributed by atoms with Gasteiger partial charge in [0, 0.05) is 6.54 Å². The quantitative estimate of drug-likeness (QED) is 0.490. The number of hydrogen-bond donors (Lipinski definition) is 0. The topological polar surface area (TPSA) is 72.9 Å². The minimum Gasteiger partial charge on any atom is -0.467 e. The molecular formula is C9H15NO5S. The fourth-order valence-corrected chi connectivity index (χ4v) is 2.63. The van der Waals surface area contributed by atoms with Gasteiger partial charge in [0.05, 0.1) is 26.0 Å². The maximum atomic E-state index is 11.7. The molecule has 0 bridgehead atoms. The zero-order chi connectivity index (χ0) is 12.2. The second-order valence-electron chi connectivity index (χ2n) is 3.31. The number of rotatable bonds is 4. The number of carbonyl (C=O) groups excluding carboxylic acids is 1. The summed E-state index contributed by atoms with van der Waals surface area (Å²) in [6.07, 6.45) is 0.483. The Bertz CT molecular complexity index is 364. The summed E-state index contributed by atoms with van der Waals surface area (Å²) in [5, 5.41) is 0. The number of morpholine rings is 1. The van der Waals surface area contributed by atoms with Crippen LogP contribution in [-0.2, 0) is 24.3 Å². The van der Waals surface area contributed by atoms with E-state index in [2.05, 4.69) is 11.3 Å². The van der Waals surface area contributed by atoms with E-state index >= 15 is 0 Å². The van der Waals surface area contributed by atoms with Crippen LogP contribution in [0.3, 0.4) is 0 Å². The van der Waals surface area contributed by atoms with Crippen molar-refractivity contribution in [3.8, 4) is 0 Å². The second kappa shape index (κ2) is 5.42. The monoisotopic (exact) mass is 249 g/mol. The van der Waals surface area contributed by atoms with Gasteiger partial charge in [-0.25, -0.2) is 13.2 Å². The first kappa shape index (κ1) is 13.1. The smallest absolute Gasteiger partial charge is 0.336 e. The highest BCUT2D eigenvalue weighted by Gasteiger charge is 2.32. The van der Waals surface area contributed by atoms with Crippen LogP contribution in [0.5, 0.6) is 0 Å². The van der Waals surface area contributed by atoms with Crippen LogP contribution in [-0.4, -0.2) is 57.4 Å². The lowest BCUT2D eigenvalue weighted by Gasteiger charge is -2.30. The lowest BCUT2D eigenvalue weighted by atomic mass is 10.3. The highest BCUT2D eigenvalue weighted by molar-refractivity contribution is 7.89. The number of hydrogen-bond acceptors (Lipinski definition) is 5. The third-order valence-corrected chi connectivity index (χ3v) is 3.99. The molecule has 0 amide bonds. The first-order chi connectivity index (χ1) is 7.51. The third kappa shape index (κ3) is 3.03. The molecule has 1 aliphatic rings. The number of esters is 1. The molecule has 1 aliphatic heterocycles. The van der Waals surface area contributed by atoms with Crippen LogP contribution in [0, 0.1) is 0 Å². The van der Waals surface area contributed by atoms with Gasteiger partial charge >= 0.3 is 5.97 Å². The van der Waals surface area contributed by atoms with E-state index in [1.807, 2.05) is 0 Å². The molecule has 0 aliphatic carbocycles. The lowest BCUT2D eigenvalue weighted by Crippen LogP contribution is -2.49. The van der Waals surface area contributed by atoms with E-state index < -0.39 is 22.1 Å². The fraction of sp³-hybridized carbons (Fsp3) is 0.667. The molecular weight excluding hydrogens is 234 g/mol. The first-order valence-electron chi connectivity index (χ1n) is 4.79. The van der Waals surface area contributed by atoms with E-state index in [1.165, 1.54) is 17.5 Å². The summed E-state index contributed by atoms with van der Waals surface area (Å²) in [5.41, 5.74) is 0. The molecule has 0 saturated carbocycles. The Morgan fingerprint density at radius 2 is 2.38 bits per heavy atom. The summed E-state index contributed by atoms with van der Waals surface area (Å²) in [7, 11) is -2.14. The molecule has 1 atom stereocenters. The van der Waals surface area contributed by atoms with Crippen molar-refractivity contribution in [2.75, 3.05) is 32.6 Å². The summed E-state index contributed by atoms with van der Waals surface area (Å²) in [5.74, 6) is -0.695. The SMILES string of the molecule is C=CCS(=O)(=O)N1CCOC(C(=O)OC)C1. The van der Waals surface area contributed by atoms with Crippen LogP contribution in [0.2, 0.25) is 0 Å². The fourth-order valence-electron chi connectivity index (χ4n) is 1.41. The molecule has 0 aromatic carbocycles. The molecule has 1 unspecified atom stereocenters. The Hall–Kier alpha value is -0.920. The van der Waals surface area contributed by atoms with Gasteiger partial charge in [0.1, 0.15) is 0 Å². The number of sulfonamides is 1. The van der Waals surface area contributed by atoms with Crippen molar-refractivity contribution in [2.24, 2.45) is 0 Å². The van der Waals surface area contributed by atoms with Crippen LogP contribution >= 0.6 is 0 Å². The zero-order valence-electron chi connectivity index (χ0n) is 9.09. The molecule has 1 saturated heterocycles. The van der Waals surface area contributed by atoms with Crippen molar-refractivity contribution in [3.63, 3.8) is 0 Å². The van der Waals surface area contributed by atoms with Gasteiger partial charge in [-0.1, -0.05) is 6.08 Å². The predicted molar refractivity (Wildman–Crippen MR) is 57.3 cm³/mol. The third-order valence-electron chi connectivity index (χ3n) is 2.22. The van der Waals surface area contributed by atoms with Gasteiger partial charge in [0.2, 0.25) is 10.0 Å². The van der Waals surface area contributed by atoms with Crippen molar-refractivity contribution in [1.82, 2.24) is 4.31 Å². The molecule has 1 heterocycles. The minimum atomic E-state index is -3.38. The van der Waals surface area contributed by atoms with Gasteiger partial charge in [-0.15, -0.1) is 6.58 Å². The summed E-state index contributed by atoms with van der Waals surface area (Å²) in [6.45, 7) is 3.83. The molecule has 0 aromatic heterocycles. The second-order valence-corrected chi connectivity index (χ2v) is 5.32. The summed E-state index contributed by atoms with van der Waals surface area (Å²) in [4.78, 5) is 11.2. The van der Waals surface area contributed by atoms with Gasteiger partial charge in [-0.05, 0) is 0 Å². The van der Waals surface area contributed by atoms with Crippen molar-refractivity contribution in [2.45, 2.75) is 6.10 Å². The van der Waals surface area contributed by atoms with Crippen molar-refractivity contribution in [1.29, 1.82) is 0 Å². The molecule has 92 valence electrons. The van der Waals surface area contributed by atoms with Gasteiger partial charge in [-0.2, -0.15) is 4.31 Å². The molecule has 6 nitrogen and oxygen atoms in total. The largest absolute Gasteiger partial charge is 0.467 e. The van der Waals surface area contributed by atoms with Gasteiger partial charge in [0.25, 0.3) is 0 Å². The van der Waals surface area contributed by atoms with E-state index in [1.54, 1.807) is 0 Å². The standard InChI is InChI=1S/C9H15NO5S/c1-3-6-16(12,13)10-4-5-15-8(7-10)9(11)14-2/h3,8H,1,4-7H2,2H3. The Morgan fingerprint density at radius 3 is 2.94 bits per heavy atom. The van der Waals surface area contributed by atoms with Gasteiger partial charge < -0.3 is 9.47 Å². The molecule has 0 radical (unpaired) electrons. The van der Waals surface area contributed by atoms with E-state index in [4.69, 9.17) is 4.74 Å². The number of nitrogens with zero attached hydrogens (tertiary/aromatic N) is 1. The molecule has 7 heteroatoms. The Morgan fingerprint density at radius 1 is 1.69 bits per heavy atom. The van der Waals surface area contributed by atoms with E-state index in [9.17, 15) is 13.2 Å². The molecule has 0 spiro atoms. The van der Waals surface area contributed by atoms with E-state index in [0.29, 0.717) is 0 Å². The molecule has 16 heavy (non-hydrogen) atoms. The van der Waals surface area contributed by atoms with Gasteiger partial charge in [0.15, 0.2) is 6.10 Å². The van der Waals surface area contributed by atoms with Crippen LogP contribution in [0.25, 0.3) is 0 Å². The molecule has 1 fully saturated rings. The predicted octanol–water partition coefficient (Wildman–Crippen LogP) is -0.624. The van der Waals surface area contributed by atoms with Crippen LogP contribution in [0.1, 0.15) is 0 Å². The minimum absolute atomic E-state index is 0.00282. The Kier molecular flexibility index (Phi) is 4.45. The Balaban J connectivity index is 2.70. The van der Waals surface area contributed by atoms with E-state index in [0.717, 1.165) is 0 Å². The zero-order valence-corrected chi connectivity index (χ0v) is 9.90. The average Bonchev–Trinajstić information content (AvgIpc) is 2.28. The first-order valence-corrected chi connectivity index (χ1v) is 6.40. The summed E-state index contributed by atoms with van der Waals surface area (Å²) >= 11 is 0. The van der Waals surface area contributed by atoms with Crippen LogP contribution in [0.4, 0.5) is 0 Å². The highest BCUT2D eigenvalue weighted by atomic mass is 32.2.